The van der Waals surface area contributed by atoms with Gasteiger partial charge in [0.1, 0.15) is 5.76 Å². The highest BCUT2D eigenvalue weighted by Gasteiger charge is 2.06. The monoisotopic (exact) mass is 308 g/mol. The average Bonchev–Trinajstić information content (AvgIpc) is 2.56. The smallest absolute Gasteiger partial charge is 0.336 e. The lowest BCUT2D eigenvalue weighted by atomic mass is 10.1. The molecule has 0 aliphatic rings. The third-order valence-corrected chi connectivity index (χ3v) is 3.48. The minimum absolute atomic E-state index is 0.359. The summed E-state index contributed by atoms with van der Waals surface area (Å²) in [5, 5.41) is 0.702. The molecule has 3 rings (SSSR count). The zero-order valence-electron chi connectivity index (χ0n) is 11.7. The lowest BCUT2D eigenvalue weighted by Crippen LogP contribution is -1.98. The second-order valence-corrected chi connectivity index (χ2v) is 5.23. The molecule has 0 saturated carbocycles. The summed E-state index contributed by atoms with van der Waals surface area (Å²) in [4.78, 5) is 11.5. The van der Waals surface area contributed by atoms with Crippen LogP contribution in [0.3, 0.4) is 0 Å². The van der Waals surface area contributed by atoms with Crippen LogP contribution in [-0.4, -0.2) is 0 Å². The van der Waals surface area contributed by atoms with Crippen molar-refractivity contribution in [2.45, 2.75) is 0 Å². The second kappa shape index (κ2) is 6.46. The molecule has 3 heteroatoms. The third-order valence-electron chi connectivity index (χ3n) is 3.23. The summed E-state index contributed by atoms with van der Waals surface area (Å²) in [6.07, 6.45) is 3.88. The number of rotatable bonds is 3. The van der Waals surface area contributed by atoms with Crippen molar-refractivity contribution in [2.75, 3.05) is 0 Å². The van der Waals surface area contributed by atoms with E-state index in [1.54, 1.807) is 6.07 Å². The van der Waals surface area contributed by atoms with Crippen molar-refractivity contribution >= 4 is 23.8 Å². The Balaban J connectivity index is 2.00. The average molecular weight is 309 g/mol. The maximum absolute atomic E-state index is 11.5. The lowest BCUT2D eigenvalue weighted by molar-refractivity contribution is 0.525. The molecule has 0 N–H and O–H groups in total. The maximum Gasteiger partial charge on any atom is 0.336 e. The van der Waals surface area contributed by atoms with Crippen LogP contribution in [0.25, 0.3) is 23.5 Å². The van der Waals surface area contributed by atoms with Crippen molar-refractivity contribution < 1.29 is 4.42 Å². The van der Waals surface area contributed by atoms with Gasteiger partial charge in [-0.1, -0.05) is 66.2 Å². The van der Waals surface area contributed by atoms with Crippen LogP contribution in [0.1, 0.15) is 11.1 Å². The fraction of sp³-hybridized carbons (Fsp3) is 0. The molecule has 0 atom stereocenters. The topological polar surface area (TPSA) is 30.2 Å². The summed E-state index contributed by atoms with van der Waals surface area (Å²) in [7, 11) is 0. The molecule has 0 bridgehead atoms. The molecule has 0 aliphatic heterocycles. The molecular formula is C19H13ClO2. The summed E-state index contributed by atoms with van der Waals surface area (Å²) in [5.41, 5.74) is 2.38. The summed E-state index contributed by atoms with van der Waals surface area (Å²) in [6.45, 7) is 0. The lowest BCUT2D eigenvalue weighted by Gasteiger charge is -2.04. The number of benzene rings is 2. The zero-order valence-corrected chi connectivity index (χ0v) is 12.5. The van der Waals surface area contributed by atoms with Gasteiger partial charge in [-0.15, -0.1) is 0 Å². The fourth-order valence-corrected chi connectivity index (χ4v) is 2.26. The van der Waals surface area contributed by atoms with Crippen molar-refractivity contribution in [3.63, 3.8) is 0 Å². The van der Waals surface area contributed by atoms with Crippen LogP contribution in [-0.2, 0) is 0 Å². The van der Waals surface area contributed by atoms with E-state index in [9.17, 15) is 4.79 Å². The standard InChI is InChI=1S/C19H13ClO2/c20-17-11-7-14(8-12-17)6-9-16-10-13-18(21)22-19(16)15-4-2-1-3-5-15/h1-13H/b9-6+. The van der Waals surface area contributed by atoms with Gasteiger partial charge in [-0.25, -0.2) is 4.79 Å². The van der Waals surface area contributed by atoms with Crippen LogP contribution in [0.4, 0.5) is 0 Å². The van der Waals surface area contributed by atoms with E-state index in [2.05, 4.69) is 0 Å². The Labute approximate surface area is 133 Å². The molecule has 0 amide bonds. The highest BCUT2D eigenvalue weighted by Crippen LogP contribution is 2.24. The van der Waals surface area contributed by atoms with Gasteiger partial charge in [0, 0.05) is 22.2 Å². The van der Waals surface area contributed by atoms with Crippen molar-refractivity contribution in [3.05, 3.63) is 93.3 Å². The van der Waals surface area contributed by atoms with Gasteiger partial charge >= 0.3 is 5.63 Å². The summed E-state index contributed by atoms with van der Waals surface area (Å²) in [6, 6.07) is 20.3. The second-order valence-electron chi connectivity index (χ2n) is 4.79. The molecule has 108 valence electrons. The van der Waals surface area contributed by atoms with Crippen molar-refractivity contribution in [2.24, 2.45) is 0 Å². The Bertz CT molecular complexity index is 847. The van der Waals surface area contributed by atoms with Crippen LogP contribution in [0.15, 0.2) is 75.9 Å². The molecule has 3 aromatic rings. The van der Waals surface area contributed by atoms with Gasteiger partial charge in [0.2, 0.25) is 0 Å². The van der Waals surface area contributed by atoms with E-state index in [0.29, 0.717) is 10.8 Å². The molecular weight excluding hydrogens is 296 g/mol. The number of hydrogen-bond acceptors (Lipinski definition) is 2. The van der Waals surface area contributed by atoms with E-state index in [0.717, 1.165) is 16.7 Å². The van der Waals surface area contributed by atoms with Gasteiger partial charge in [0.15, 0.2) is 0 Å². The van der Waals surface area contributed by atoms with Gasteiger partial charge < -0.3 is 4.42 Å². The Morgan fingerprint density at radius 2 is 1.55 bits per heavy atom. The Morgan fingerprint density at radius 3 is 2.27 bits per heavy atom. The van der Waals surface area contributed by atoms with Crippen LogP contribution < -0.4 is 5.63 Å². The Hall–Kier alpha value is -2.58. The van der Waals surface area contributed by atoms with Crippen molar-refractivity contribution in [3.8, 4) is 11.3 Å². The number of hydrogen-bond donors (Lipinski definition) is 0. The molecule has 0 radical (unpaired) electrons. The van der Waals surface area contributed by atoms with Gasteiger partial charge in [-0.05, 0) is 23.8 Å². The van der Waals surface area contributed by atoms with Crippen LogP contribution >= 0.6 is 11.6 Å². The first-order valence-electron chi connectivity index (χ1n) is 6.85. The molecule has 1 aromatic heterocycles. The molecule has 0 aliphatic carbocycles. The van der Waals surface area contributed by atoms with Gasteiger partial charge in [0.25, 0.3) is 0 Å². The molecule has 1 heterocycles. The van der Waals surface area contributed by atoms with Crippen molar-refractivity contribution in [1.29, 1.82) is 0 Å². The van der Waals surface area contributed by atoms with E-state index in [1.165, 1.54) is 6.07 Å². The highest BCUT2D eigenvalue weighted by atomic mass is 35.5. The van der Waals surface area contributed by atoms with E-state index < -0.39 is 0 Å². The van der Waals surface area contributed by atoms with Crippen molar-refractivity contribution in [1.82, 2.24) is 0 Å². The summed E-state index contributed by atoms with van der Waals surface area (Å²) < 4.78 is 5.37. The zero-order chi connectivity index (χ0) is 15.4. The van der Waals surface area contributed by atoms with E-state index in [-0.39, 0.29) is 5.63 Å². The first-order valence-corrected chi connectivity index (χ1v) is 7.23. The van der Waals surface area contributed by atoms with Gasteiger partial charge in [-0.3, -0.25) is 0 Å². The fourth-order valence-electron chi connectivity index (χ4n) is 2.13. The summed E-state index contributed by atoms with van der Waals surface area (Å²) >= 11 is 5.88. The molecule has 2 nitrogen and oxygen atoms in total. The molecule has 0 fully saturated rings. The minimum Gasteiger partial charge on any atom is -0.422 e. The van der Waals surface area contributed by atoms with Crippen LogP contribution in [0.5, 0.6) is 0 Å². The SMILES string of the molecule is O=c1ccc(/C=C/c2ccc(Cl)cc2)c(-c2ccccc2)o1. The Morgan fingerprint density at radius 1 is 0.818 bits per heavy atom. The van der Waals surface area contributed by atoms with Crippen LogP contribution in [0, 0.1) is 0 Å². The third kappa shape index (κ3) is 3.35. The molecule has 2 aromatic carbocycles. The minimum atomic E-state index is -0.359. The first-order chi connectivity index (χ1) is 10.7. The van der Waals surface area contributed by atoms with E-state index in [1.807, 2.05) is 66.7 Å². The molecule has 22 heavy (non-hydrogen) atoms. The molecule has 0 spiro atoms. The summed E-state index contributed by atoms with van der Waals surface area (Å²) in [5.74, 6) is 0.568. The predicted molar refractivity (Wildman–Crippen MR) is 90.8 cm³/mol. The molecule has 0 saturated heterocycles. The normalized spacial score (nSPS) is 11.0. The van der Waals surface area contributed by atoms with E-state index >= 15 is 0 Å². The Kier molecular flexibility index (Phi) is 4.22. The first kappa shape index (κ1) is 14.4. The maximum atomic E-state index is 11.5. The largest absolute Gasteiger partial charge is 0.422 e. The van der Waals surface area contributed by atoms with Gasteiger partial charge in [-0.2, -0.15) is 0 Å². The number of halogens is 1. The molecule has 0 unspecified atom stereocenters. The quantitative estimate of drug-likeness (QED) is 0.671. The van der Waals surface area contributed by atoms with Crippen LogP contribution in [0.2, 0.25) is 5.02 Å². The highest BCUT2D eigenvalue weighted by molar-refractivity contribution is 6.30. The van der Waals surface area contributed by atoms with Gasteiger partial charge in [0.05, 0.1) is 0 Å². The predicted octanol–water partition coefficient (Wildman–Crippen LogP) is 5.13. The van der Waals surface area contributed by atoms with E-state index in [4.69, 9.17) is 16.0 Å².